The van der Waals surface area contributed by atoms with Gasteiger partial charge in [0.25, 0.3) is 0 Å². The van der Waals surface area contributed by atoms with E-state index in [0.29, 0.717) is 11.7 Å². The molecule has 2 rings (SSSR count). The Hall–Kier alpha value is -0.790. The summed E-state index contributed by atoms with van der Waals surface area (Å²) in [5.74, 6) is 1.17. The van der Waals surface area contributed by atoms with E-state index in [1.807, 2.05) is 18.3 Å². The van der Waals surface area contributed by atoms with Crippen molar-refractivity contribution in [3.05, 3.63) is 34.9 Å². The van der Waals surface area contributed by atoms with Gasteiger partial charge in [0.2, 0.25) is 0 Å². The molecule has 4 nitrogen and oxygen atoms in total. The molecule has 0 saturated heterocycles. The van der Waals surface area contributed by atoms with E-state index in [1.54, 1.807) is 0 Å². The van der Waals surface area contributed by atoms with E-state index in [0.717, 1.165) is 27.4 Å². The molecule has 2 aromatic rings. The predicted molar refractivity (Wildman–Crippen MR) is 101 cm³/mol. The minimum atomic E-state index is -2.94. The fourth-order valence-corrected chi connectivity index (χ4v) is 4.60. The summed E-state index contributed by atoms with van der Waals surface area (Å²) in [6.07, 6.45) is 3.13. The number of rotatable bonds is 7. The van der Waals surface area contributed by atoms with Crippen LogP contribution in [0, 0.1) is 5.92 Å². The second-order valence-corrected chi connectivity index (χ2v) is 10.2. The summed E-state index contributed by atoms with van der Waals surface area (Å²) < 4.78 is 25.8. The summed E-state index contributed by atoms with van der Waals surface area (Å²) in [6.45, 7) is 5.18. The summed E-state index contributed by atoms with van der Waals surface area (Å²) in [6, 6.07) is 8.14. The number of sulfone groups is 1. The molecule has 0 aliphatic heterocycles. The number of imidazole rings is 1. The highest BCUT2D eigenvalue weighted by Crippen LogP contribution is 2.28. The Labute approximate surface area is 150 Å². The van der Waals surface area contributed by atoms with Crippen LogP contribution in [-0.2, 0) is 16.4 Å². The van der Waals surface area contributed by atoms with Crippen molar-refractivity contribution < 1.29 is 8.42 Å². The zero-order valence-electron chi connectivity index (χ0n) is 13.5. The molecule has 0 N–H and O–H groups in total. The summed E-state index contributed by atoms with van der Waals surface area (Å²) in [5, 5.41) is 0.875. The van der Waals surface area contributed by atoms with Crippen LogP contribution in [0.2, 0.25) is 0 Å². The fraction of sp³-hybridized carbons (Fsp3) is 0.438. The van der Waals surface area contributed by atoms with Gasteiger partial charge in [-0.1, -0.05) is 53.7 Å². The van der Waals surface area contributed by atoms with Gasteiger partial charge in [-0.3, -0.25) is 0 Å². The zero-order chi connectivity index (χ0) is 17.0. The second kappa shape index (κ2) is 7.85. The van der Waals surface area contributed by atoms with Crippen LogP contribution in [0.15, 0.2) is 40.1 Å². The van der Waals surface area contributed by atoms with Gasteiger partial charge in [0.05, 0.1) is 17.6 Å². The largest absolute Gasteiger partial charge is 0.319 e. The lowest BCUT2D eigenvalue weighted by Gasteiger charge is -2.14. The molecule has 0 bridgehead atoms. The fourth-order valence-electron chi connectivity index (χ4n) is 2.15. The van der Waals surface area contributed by atoms with Crippen molar-refractivity contribution >= 4 is 37.5 Å². The van der Waals surface area contributed by atoms with Crippen molar-refractivity contribution in [3.63, 3.8) is 0 Å². The lowest BCUT2D eigenvalue weighted by atomic mass is 10.1. The lowest BCUT2D eigenvalue weighted by Crippen LogP contribution is -2.09. The SMILES string of the molecule is CC(C)Cn1c(-c2ccc(Br)cc2)cnc1SCCS(C)(=O)=O. The zero-order valence-corrected chi connectivity index (χ0v) is 16.7. The molecule has 1 aromatic heterocycles. The minimum absolute atomic E-state index is 0.166. The highest BCUT2D eigenvalue weighted by Gasteiger charge is 2.14. The number of hydrogen-bond acceptors (Lipinski definition) is 4. The molecule has 1 aromatic carbocycles. The number of hydrogen-bond donors (Lipinski definition) is 0. The van der Waals surface area contributed by atoms with Crippen molar-refractivity contribution in [2.45, 2.75) is 25.5 Å². The first kappa shape index (κ1) is 18.5. The first-order valence-electron chi connectivity index (χ1n) is 7.38. The Bertz CT molecular complexity index is 753. The predicted octanol–water partition coefficient (Wildman–Crippen LogP) is 4.11. The van der Waals surface area contributed by atoms with Crippen molar-refractivity contribution in [3.8, 4) is 11.3 Å². The molecule has 0 unspecified atom stereocenters. The van der Waals surface area contributed by atoms with E-state index < -0.39 is 9.84 Å². The average molecular weight is 417 g/mol. The highest BCUT2D eigenvalue weighted by molar-refractivity contribution is 9.10. The summed E-state index contributed by atoms with van der Waals surface area (Å²) in [5.41, 5.74) is 2.17. The molecular formula is C16H21BrN2O2S2. The normalized spacial score (nSPS) is 12.0. The lowest BCUT2D eigenvalue weighted by molar-refractivity contribution is 0.498. The third kappa shape index (κ3) is 5.65. The van der Waals surface area contributed by atoms with Crippen LogP contribution in [-0.4, -0.2) is 35.7 Å². The summed E-state index contributed by atoms with van der Waals surface area (Å²) in [7, 11) is -2.94. The van der Waals surface area contributed by atoms with E-state index in [2.05, 4.69) is 51.5 Å². The van der Waals surface area contributed by atoms with E-state index in [1.165, 1.54) is 18.0 Å². The molecule has 1 heterocycles. The Morgan fingerprint density at radius 1 is 1.26 bits per heavy atom. The van der Waals surface area contributed by atoms with Crippen LogP contribution < -0.4 is 0 Å². The molecular weight excluding hydrogens is 396 g/mol. The topological polar surface area (TPSA) is 52.0 Å². The Morgan fingerprint density at radius 2 is 1.91 bits per heavy atom. The van der Waals surface area contributed by atoms with Gasteiger partial charge < -0.3 is 4.57 Å². The minimum Gasteiger partial charge on any atom is -0.319 e. The molecule has 7 heteroatoms. The van der Waals surface area contributed by atoms with Gasteiger partial charge in [-0.2, -0.15) is 0 Å². The first-order chi connectivity index (χ1) is 10.8. The van der Waals surface area contributed by atoms with Crippen molar-refractivity contribution in [2.75, 3.05) is 17.8 Å². The summed E-state index contributed by atoms with van der Waals surface area (Å²) >= 11 is 4.95. The van der Waals surface area contributed by atoms with E-state index >= 15 is 0 Å². The number of halogens is 1. The van der Waals surface area contributed by atoms with Crippen molar-refractivity contribution in [2.24, 2.45) is 5.92 Å². The van der Waals surface area contributed by atoms with Gasteiger partial charge in [0, 0.05) is 23.0 Å². The molecule has 0 amide bonds. The third-order valence-corrected chi connectivity index (χ3v) is 5.92. The summed E-state index contributed by atoms with van der Waals surface area (Å²) in [4.78, 5) is 4.51. The number of aromatic nitrogens is 2. The van der Waals surface area contributed by atoms with E-state index in [4.69, 9.17) is 0 Å². The molecule has 0 radical (unpaired) electrons. The maximum absolute atomic E-state index is 11.3. The van der Waals surface area contributed by atoms with E-state index in [9.17, 15) is 8.42 Å². The molecule has 0 saturated carbocycles. The van der Waals surface area contributed by atoms with Gasteiger partial charge >= 0.3 is 0 Å². The average Bonchev–Trinajstić information content (AvgIpc) is 2.81. The quantitative estimate of drug-likeness (QED) is 0.637. The molecule has 0 aliphatic carbocycles. The molecule has 0 fully saturated rings. The molecule has 0 aliphatic rings. The van der Waals surface area contributed by atoms with Crippen LogP contribution in [0.25, 0.3) is 11.3 Å². The maximum Gasteiger partial charge on any atom is 0.168 e. The van der Waals surface area contributed by atoms with Gasteiger partial charge in [-0.05, 0) is 23.6 Å². The Morgan fingerprint density at radius 3 is 2.48 bits per heavy atom. The van der Waals surface area contributed by atoms with Crippen molar-refractivity contribution in [1.82, 2.24) is 9.55 Å². The Kier molecular flexibility index (Phi) is 6.33. The molecule has 0 atom stereocenters. The maximum atomic E-state index is 11.3. The standard InChI is InChI=1S/C16H21BrN2O2S2/c1-12(2)11-19-15(13-4-6-14(17)7-5-13)10-18-16(19)22-8-9-23(3,20)21/h4-7,10,12H,8-9,11H2,1-3H3. The third-order valence-electron chi connectivity index (χ3n) is 3.19. The van der Waals surface area contributed by atoms with Crippen molar-refractivity contribution in [1.29, 1.82) is 0 Å². The smallest absolute Gasteiger partial charge is 0.168 e. The first-order valence-corrected chi connectivity index (χ1v) is 11.2. The van der Waals surface area contributed by atoms with Gasteiger partial charge in [0.1, 0.15) is 9.84 Å². The highest BCUT2D eigenvalue weighted by atomic mass is 79.9. The van der Waals surface area contributed by atoms with Crippen LogP contribution in [0.5, 0.6) is 0 Å². The van der Waals surface area contributed by atoms with E-state index in [-0.39, 0.29) is 5.75 Å². The van der Waals surface area contributed by atoms with Crippen LogP contribution >= 0.6 is 27.7 Å². The monoisotopic (exact) mass is 416 g/mol. The molecule has 23 heavy (non-hydrogen) atoms. The molecule has 0 spiro atoms. The van der Waals surface area contributed by atoms with Crippen LogP contribution in [0.1, 0.15) is 13.8 Å². The second-order valence-electron chi connectivity index (χ2n) is 5.92. The molecule has 126 valence electrons. The van der Waals surface area contributed by atoms with Gasteiger partial charge in [-0.25, -0.2) is 13.4 Å². The van der Waals surface area contributed by atoms with Crippen LogP contribution in [0.3, 0.4) is 0 Å². The number of nitrogens with zero attached hydrogens (tertiary/aromatic N) is 2. The van der Waals surface area contributed by atoms with Crippen LogP contribution in [0.4, 0.5) is 0 Å². The van der Waals surface area contributed by atoms with Gasteiger partial charge in [-0.15, -0.1) is 0 Å². The van der Waals surface area contributed by atoms with Gasteiger partial charge in [0.15, 0.2) is 5.16 Å². The Balaban J connectivity index is 2.27. The number of thioether (sulfide) groups is 1. The number of benzene rings is 1.